The third kappa shape index (κ3) is 11.6. The van der Waals surface area contributed by atoms with Crippen molar-refractivity contribution in [3.8, 4) is 11.5 Å². The lowest BCUT2D eigenvalue weighted by atomic mass is 9.90. The van der Waals surface area contributed by atoms with Gasteiger partial charge < -0.3 is 30.5 Å². The lowest BCUT2D eigenvalue weighted by molar-refractivity contribution is -0.138. The minimum absolute atomic E-state index is 0.0166. The molecule has 0 saturated carbocycles. The number of ketones is 2. The molecule has 0 saturated heterocycles. The van der Waals surface area contributed by atoms with E-state index >= 15 is 0 Å². The summed E-state index contributed by atoms with van der Waals surface area (Å²) in [6.07, 6.45) is 10.9. The summed E-state index contributed by atoms with van der Waals surface area (Å²) in [5, 5.41) is 27.5. The Kier molecular flexibility index (Phi) is 14.2. The van der Waals surface area contributed by atoms with Gasteiger partial charge in [0.2, 0.25) is 0 Å². The normalized spacial score (nSPS) is 18.3. The van der Waals surface area contributed by atoms with Gasteiger partial charge in [0.05, 0.1) is 13.5 Å². The van der Waals surface area contributed by atoms with Crippen LogP contribution in [0.2, 0.25) is 0 Å². The maximum Gasteiger partial charge on any atom is 0.320 e. The molecular formula is C26H35NO8S. The molecule has 3 atom stereocenters. The Morgan fingerprint density at radius 1 is 1.19 bits per heavy atom. The number of nitrogens with two attached hydrogens (primary N) is 1. The zero-order valence-corrected chi connectivity index (χ0v) is 21.6. The maximum atomic E-state index is 12.0. The molecule has 1 aromatic carbocycles. The van der Waals surface area contributed by atoms with Gasteiger partial charge in [-0.05, 0) is 73.1 Å². The van der Waals surface area contributed by atoms with Crippen molar-refractivity contribution in [2.45, 2.75) is 37.8 Å². The molecule has 0 aliphatic heterocycles. The van der Waals surface area contributed by atoms with Gasteiger partial charge in [-0.25, -0.2) is 0 Å². The molecule has 9 nitrogen and oxygen atoms in total. The molecular weight excluding hydrogens is 486 g/mol. The number of aliphatic hydroxyl groups is 1. The lowest BCUT2D eigenvalue weighted by Crippen LogP contribution is -2.30. The number of methoxy groups -OCH3 is 2. The van der Waals surface area contributed by atoms with Crippen LogP contribution in [0.3, 0.4) is 0 Å². The molecule has 0 aromatic heterocycles. The third-order valence-electron chi connectivity index (χ3n) is 5.28. The number of carbonyl (C=O) groups excluding carboxylic acids is 2. The molecule has 1 aromatic rings. The van der Waals surface area contributed by atoms with Crippen LogP contribution in [0.25, 0.3) is 6.08 Å². The van der Waals surface area contributed by atoms with Gasteiger partial charge in [0.25, 0.3) is 0 Å². The average Bonchev–Trinajstić information content (AvgIpc) is 2.86. The Hall–Kier alpha value is -3.08. The van der Waals surface area contributed by atoms with E-state index in [4.69, 9.17) is 20.3 Å². The van der Waals surface area contributed by atoms with Crippen molar-refractivity contribution < 1.29 is 39.2 Å². The number of phenolic OH excluding ortho intramolecular Hbond substituents is 1. The van der Waals surface area contributed by atoms with Crippen molar-refractivity contribution in [3.05, 3.63) is 53.8 Å². The quantitative estimate of drug-likeness (QED) is 0.237. The van der Waals surface area contributed by atoms with Crippen LogP contribution in [0.5, 0.6) is 11.5 Å². The van der Waals surface area contributed by atoms with Crippen molar-refractivity contribution in [2.24, 2.45) is 11.7 Å². The van der Waals surface area contributed by atoms with Crippen LogP contribution in [0.15, 0.2) is 48.3 Å². The van der Waals surface area contributed by atoms with Gasteiger partial charge in [-0.3, -0.25) is 14.4 Å². The number of phenols is 1. The van der Waals surface area contributed by atoms with Gasteiger partial charge in [0.1, 0.15) is 17.9 Å². The zero-order valence-electron chi connectivity index (χ0n) is 20.8. The number of carbonyl (C=O) groups is 3. The first-order valence-corrected chi connectivity index (χ1v) is 12.7. The Balaban J connectivity index is 0.000000613. The van der Waals surface area contributed by atoms with Gasteiger partial charge in [-0.15, -0.1) is 0 Å². The maximum absolute atomic E-state index is 12.0. The third-order valence-corrected chi connectivity index (χ3v) is 5.92. The first kappa shape index (κ1) is 31.0. The van der Waals surface area contributed by atoms with Gasteiger partial charge >= 0.3 is 5.97 Å². The highest BCUT2D eigenvalue weighted by molar-refractivity contribution is 7.98. The van der Waals surface area contributed by atoms with E-state index in [0.29, 0.717) is 30.6 Å². The number of carboxylic acid groups (broad SMARTS) is 1. The van der Waals surface area contributed by atoms with E-state index < -0.39 is 12.0 Å². The van der Waals surface area contributed by atoms with E-state index in [1.165, 1.54) is 32.4 Å². The second-order valence-electron chi connectivity index (χ2n) is 8.04. The summed E-state index contributed by atoms with van der Waals surface area (Å²) in [6.45, 7) is 0. The van der Waals surface area contributed by atoms with Crippen molar-refractivity contribution in [1.82, 2.24) is 0 Å². The van der Waals surface area contributed by atoms with Crippen molar-refractivity contribution >= 4 is 35.4 Å². The number of thioether (sulfide) groups is 1. The number of hydrogen-bond donors (Lipinski definition) is 4. The second-order valence-corrected chi connectivity index (χ2v) is 9.03. The summed E-state index contributed by atoms with van der Waals surface area (Å²) in [4.78, 5) is 34.0. The van der Waals surface area contributed by atoms with E-state index in [1.54, 1.807) is 42.1 Å². The average molecular weight is 522 g/mol. The van der Waals surface area contributed by atoms with Crippen LogP contribution < -0.4 is 10.5 Å². The molecule has 2 rings (SSSR count). The summed E-state index contributed by atoms with van der Waals surface area (Å²) in [5.41, 5.74) is 5.87. The van der Waals surface area contributed by atoms with Gasteiger partial charge in [-0.1, -0.05) is 18.2 Å². The fourth-order valence-electron chi connectivity index (χ4n) is 3.16. The molecule has 1 aliphatic carbocycles. The second kappa shape index (κ2) is 16.6. The first-order valence-electron chi connectivity index (χ1n) is 11.3. The SMILES string of the molecule is COc1cc(/C=C/C(=O)CC(=O)/C=C/C2CC=C(O)C(OC)C2)ccc1O.CSCCC(N)C(=O)O. The van der Waals surface area contributed by atoms with E-state index in [0.717, 1.165) is 5.75 Å². The number of hydrogen-bond acceptors (Lipinski definition) is 9. The molecule has 0 radical (unpaired) electrons. The lowest BCUT2D eigenvalue weighted by Gasteiger charge is -2.23. The molecule has 10 heteroatoms. The van der Waals surface area contributed by atoms with Crippen LogP contribution in [0, 0.1) is 5.92 Å². The first-order chi connectivity index (χ1) is 17.1. The summed E-state index contributed by atoms with van der Waals surface area (Å²) >= 11 is 1.60. The Bertz CT molecular complexity index is 973. The van der Waals surface area contributed by atoms with Gasteiger partial charge in [0, 0.05) is 7.11 Å². The number of rotatable bonds is 12. The minimum atomic E-state index is -0.913. The molecule has 0 heterocycles. The monoisotopic (exact) mass is 521 g/mol. The number of aliphatic hydroxyl groups excluding tert-OH is 1. The van der Waals surface area contributed by atoms with Gasteiger partial charge in [0.15, 0.2) is 23.1 Å². The largest absolute Gasteiger partial charge is 0.510 e. The molecule has 0 amide bonds. The molecule has 0 spiro atoms. The molecule has 0 fully saturated rings. The highest BCUT2D eigenvalue weighted by Crippen LogP contribution is 2.27. The topological polar surface area (TPSA) is 156 Å². The number of allylic oxidation sites excluding steroid dienone is 4. The predicted molar refractivity (Wildman–Crippen MR) is 140 cm³/mol. The van der Waals surface area contributed by atoms with E-state index in [2.05, 4.69) is 0 Å². The Morgan fingerprint density at radius 3 is 2.50 bits per heavy atom. The van der Waals surface area contributed by atoms with Crippen LogP contribution in [-0.2, 0) is 19.1 Å². The smallest absolute Gasteiger partial charge is 0.320 e. The van der Waals surface area contributed by atoms with E-state index in [-0.39, 0.29) is 41.5 Å². The van der Waals surface area contributed by atoms with Crippen LogP contribution in [0.4, 0.5) is 0 Å². The summed E-state index contributed by atoms with van der Waals surface area (Å²) in [5.74, 6) is -0.0525. The number of ether oxygens (including phenoxy) is 2. The molecule has 198 valence electrons. The fourth-order valence-corrected chi connectivity index (χ4v) is 3.65. The minimum Gasteiger partial charge on any atom is -0.510 e. The standard InChI is InChI=1S/C21H24O6.C5H11NO2S/c1-26-20-11-14(5-9-18(20)24)3-7-16(22)13-17(23)8-4-15-6-10-19(25)21(12-15)27-2;1-9-3-2-4(6)5(7)8/h3-5,7-11,15,21,24-25H,6,12-13H2,1-2H3;4H,2-3,6H2,1H3,(H,7,8)/b7-3+,8-4+;. The van der Waals surface area contributed by atoms with Gasteiger partial charge in [-0.2, -0.15) is 11.8 Å². The van der Waals surface area contributed by atoms with Crippen molar-refractivity contribution in [2.75, 3.05) is 26.2 Å². The summed E-state index contributed by atoms with van der Waals surface area (Å²) in [7, 11) is 2.97. The highest BCUT2D eigenvalue weighted by Gasteiger charge is 2.22. The molecule has 36 heavy (non-hydrogen) atoms. The zero-order chi connectivity index (χ0) is 27.1. The van der Waals surface area contributed by atoms with Crippen LogP contribution in [-0.4, -0.2) is 71.2 Å². The van der Waals surface area contributed by atoms with E-state index in [9.17, 15) is 24.6 Å². The molecule has 0 bridgehead atoms. The Labute approximate surface area is 215 Å². The predicted octanol–water partition coefficient (Wildman–Crippen LogP) is 3.52. The highest BCUT2D eigenvalue weighted by atomic mass is 32.2. The molecule has 5 N–H and O–H groups in total. The number of carboxylic acids is 1. The Morgan fingerprint density at radius 2 is 1.89 bits per heavy atom. The summed E-state index contributed by atoms with van der Waals surface area (Å²) in [6, 6.07) is 4.03. The number of benzene rings is 1. The molecule has 3 unspecified atom stereocenters. The number of aliphatic carboxylic acids is 1. The molecule has 1 aliphatic rings. The number of aromatic hydroxyl groups is 1. The van der Waals surface area contributed by atoms with E-state index in [1.807, 2.05) is 6.26 Å². The fraction of sp³-hybridized carbons (Fsp3) is 0.423. The van der Waals surface area contributed by atoms with Crippen LogP contribution in [0.1, 0.15) is 31.2 Å². The van der Waals surface area contributed by atoms with Crippen molar-refractivity contribution in [3.63, 3.8) is 0 Å². The van der Waals surface area contributed by atoms with Crippen molar-refractivity contribution in [1.29, 1.82) is 0 Å². The van der Waals surface area contributed by atoms with Crippen LogP contribution >= 0.6 is 11.8 Å². The summed E-state index contributed by atoms with van der Waals surface area (Å²) < 4.78 is 10.2.